The number of hydrogen-bond acceptors (Lipinski definition) is 4. The third-order valence-electron chi connectivity index (χ3n) is 4.53. The number of carbonyl (C=O) groups is 1. The molecule has 0 saturated heterocycles. The summed E-state index contributed by atoms with van der Waals surface area (Å²) in [5.41, 5.74) is 4.04. The number of thioether (sulfide) groups is 1. The molecule has 1 N–H and O–H groups in total. The first-order valence-corrected chi connectivity index (χ1v) is 10.2. The number of amides is 1. The van der Waals surface area contributed by atoms with E-state index in [0.29, 0.717) is 28.1 Å². The summed E-state index contributed by atoms with van der Waals surface area (Å²) in [6.45, 7) is 4.34. The largest absolute Gasteiger partial charge is 0.487 e. The Morgan fingerprint density at radius 1 is 1.24 bits per heavy atom. The van der Waals surface area contributed by atoms with Gasteiger partial charge in [0.1, 0.15) is 18.2 Å². The van der Waals surface area contributed by atoms with E-state index in [-0.39, 0.29) is 11.4 Å². The Morgan fingerprint density at radius 3 is 2.83 bits per heavy atom. The van der Waals surface area contributed by atoms with Crippen LogP contribution in [0.3, 0.4) is 0 Å². The normalized spacial score (nSPS) is 17.3. The topological polar surface area (TPSA) is 65.8 Å². The first-order chi connectivity index (χ1) is 13.9. The zero-order valence-corrected chi connectivity index (χ0v) is 17.5. The molecule has 5 nitrogen and oxygen atoms in total. The van der Waals surface area contributed by atoms with Gasteiger partial charge in [0.15, 0.2) is 5.17 Å². The Labute approximate surface area is 178 Å². The highest BCUT2D eigenvalue weighted by Crippen LogP contribution is 2.33. The van der Waals surface area contributed by atoms with Crippen LogP contribution in [-0.4, -0.2) is 21.8 Å². The van der Waals surface area contributed by atoms with E-state index in [1.54, 1.807) is 23.1 Å². The van der Waals surface area contributed by atoms with Crippen molar-refractivity contribution in [3.63, 3.8) is 0 Å². The third kappa shape index (κ3) is 3.99. The molecule has 0 bridgehead atoms. The summed E-state index contributed by atoms with van der Waals surface area (Å²) in [5.74, 6) is 0.262. The van der Waals surface area contributed by atoms with Crippen LogP contribution in [0.25, 0.3) is 6.08 Å². The quantitative estimate of drug-likeness (QED) is 0.669. The molecule has 0 spiro atoms. The van der Waals surface area contributed by atoms with Crippen LogP contribution in [0.1, 0.15) is 23.6 Å². The van der Waals surface area contributed by atoms with Gasteiger partial charge in [0.2, 0.25) is 0 Å². The van der Waals surface area contributed by atoms with Gasteiger partial charge in [-0.25, -0.2) is 0 Å². The van der Waals surface area contributed by atoms with E-state index in [1.165, 1.54) is 17.3 Å². The third-order valence-corrected chi connectivity index (χ3v) is 5.77. The number of hydrogen-bond donors (Lipinski definition) is 1. The molecular formula is C22H18ClN3O2S. The summed E-state index contributed by atoms with van der Waals surface area (Å²) in [6, 6.07) is 13.4. The Hall–Kier alpha value is -2.83. The van der Waals surface area contributed by atoms with Crippen molar-refractivity contribution in [3.8, 4) is 5.75 Å². The number of nitrogens with one attached hydrogen (secondary N) is 1. The molecule has 2 aromatic carbocycles. The van der Waals surface area contributed by atoms with Gasteiger partial charge in [-0.1, -0.05) is 59.3 Å². The fourth-order valence-corrected chi connectivity index (χ4v) is 4.20. The van der Waals surface area contributed by atoms with Crippen molar-refractivity contribution in [2.75, 3.05) is 0 Å². The first-order valence-electron chi connectivity index (χ1n) is 8.97. The van der Waals surface area contributed by atoms with E-state index < -0.39 is 5.91 Å². The summed E-state index contributed by atoms with van der Waals surface area (Å²) < 4.78 is 5.83. The van der Waals surface area contributed by atoms with Crippen molar-refractivity contribution in [3.05, 3.63) is 80.9 Å². The SMILES string of the molecule is CC1=CSC2=NC(=O)/C(=C\c3ccc(OCc4cccc(C)c4)c(Cl)c3)C(=N)N12. The first kappa shape index (κ1) is 19.5. The van der Waals surface area contributed by atoms with Gasteiger partial charge >= 0.3 is 0 Å². The minimum Gasteiger partial charge on any atom is -0.487 e. The molecule has 146 valence electrons. The van der Waals surface area contributed by atoms with Crippen molar-refractivity contribution in [2.45, 2.75) is 20.5 Å². The average Bonchev–Trinajstić information content (AvgIpc) is 3.05. The van der Waals surface area contributed by atoms with Gasteiger partial charge in [-0.3, -0.25) is 15.1 Å². The van der Waals surface area contributed by atoms with E-state index in [0.717, 1.165) is 11.3 Å². The maximum absolute atomic E-state index is 12.4. The van der Waals surface area contributed by atoms with Crippen molar-refractivity contribution < 1.29 is 9.53 Å². The van der Waals surface area contributed by atoms with E-state index in [4.69, 9.17) is 21.7 Å². The van der Waals surface area contributed by atoms with Gasteiger partial charge in [-0.15, -0.1) is 0 Å². The maximum atomic E-state index is 12.4. The molecule has 0 aliphatic carbocycles. The van der Waals surface area contributed by atoms with Crippen LogP contribution in [0.15, 0.2) is 64.1 Å². The fourth-order valence-electron chi connectivity index (χ4n) is 3.10. The lowest BCUT2D eigenvalue weighted by molar-refractivity contribution is -0.114. The van der Waals surface area contributed by atoms with Crippen LogP contribution in [0, 0.1) is 12.3 Å². The number of carbonyl (C=O) groups excluding carboxylic acids is 1. The van der Waals surface area contributed by atoms with E-state index >= 15 is 0 Å². The molecule has 0 aromatic heterocycles. The van der Waals surface area contributed by atoms with Crippen molar-refractivity contribution in [2.24, 2.45) is 4.99 Å². The van der Waals surface area contributed by atoms with Crippen molar-refractivity contribution >= 4 is 46.3 Å². The van der Waals surface area contributed by atoms with Crippen LogP contribution in [0.5, 0.6) is 5.75 Å². The summed E-state index contributed by atoms with van der Waals surface area (Å²) in [5, 5.41) is 11.2. The van der Waals surface area contributed by atoms with Gasteiger partial charge in [0.25, 0.3) is 5.91 Å². The number of allylic oxidation sites excluding steroid dienone is 1. The summed E-state index contributed by atoms with van der Waals surface area (Å²) >= 11 is 7.73. The van der Waals surface area contributed by atoms with Crippen LogP contribution in [0.2, 0.25) is 5.02 Å². The second kappa shape index (κ2) is 7.89. The Balaban J connectivity index is 1.54. The molecule has 2 aliphatic heterocycles. The standard InChI is InChI=1S/C22H18ClN3O2S/c1-13-4-3-5-16(8-13)11-28-19-7-6-15(10-18(19)23)9-17-20(24)26-14(2)12-29-22(26)25-21(17)27/h3-10,12,24H,11H2,1-2H3/b17-9-,24-20?. The number of fused-ring (bicyclic) bond motifs is 1. The minimum absolute atomic E-state index is 0.120. The predicted molar refractivity (Wildman–Crippen MR) is 118 cm³/mol. The second-order valence-electron chi connectivity index (χ2n) is 6.79. The van der Waals surface area contributed by atoms with Crippen LogP contribution in [0.4, 0.5) is 0 Å². The number of rotatable bonds is 4. The average molecular weight is 424 g/mol. The highest BCUT2D eigenvalue weighted by Gasteiger charge is 2.33. The molecule has 0 radical (unpaired) electrons. The molecule has 2 aromatic rings. The number of halogens is 1. The fraction of sp³-hybridized carbons (Fsp3) is 0.136. The number of ether oxygens (including phenoxy) is 1. The zero-order valence-electron chi connectivity index (χ0n) is 15.9. The summed E-state index contributed by atoms with van der Waals surface area (Å²) in [6.07, 6.45) is 1.64. The molecule has 2 aliphatic rings. The lowest BCUT2D eigenvalue weighted by Gasteiger charge is -2.25. The van der Waals surface area contributed by atoms with Gasteiger partial charge in [0, 0.05) is 5.70 Å². The molecule has 29 heavy (non-hydrogen) atoms. The van der Waals surface area contributed by atoms with Gasteiger partial charge in [-0.05, 0) is 48.6 Å². The number of aryl methyl sites for hydroxylation is 1. The molecule has 0 unspecified atom stereocenters. The summed E-state index contributed by atoms with van der Waals surface area (Å²) in [7, 11) is 0. The van der Waals surface area contributed by atoms with Gasteiger partial charge < -0.3 is 4.74 Å². The van der Waals surface area contributed by atoms with E-state index in [1.807, 2.05) is 43.5 Å². The Morgan fingerprint density at radius 2 is 2.07 bits per heavy atom. The minimum atomic E-state index is -0.423. The van der Waals surface area contributed by atoms with Crippen LogP contribution in [-0.2, 0) is 11.4 Å². The predicted octanol–water partition coefficient (Wildman–Crippen LogP) is 5.39. The van der Waals surface area contributed by atoms with E-state index in [9.17, 15) is 4.79 Å². The molecular weight excluding hydrogens is 406 g/mol. The Kier molecular flexibility index (Phi) is 5.30. The molecule has 1 amide bonds. The second-order valence-corrected chi connectivity index (χ2v) is 8.03. The highest BCUT2D eigenvalue weighted by molar-refractivity contribution is 8.16. The lowest BCUT2D eigenvalue weighted by Crippen LogP contribution is -2.37. The monoisotopic (exact) mass is 423 g/mol. The van der Waals surface area contributed by atoms with Crippen LogP contribution >= 0.6 is 23.4 Å². The number of benzene rings is 2. The Bertz CT molecular complexity index is 1120. The molecule has 0 saturated carbocycles. The smallest absolute Gasteiger partial charge is 0.283 e. The zero-order chi connectivity index (χ0) is 20.5. The number of nitrogens with zero attached hydrogens (tertiary/aromatic N) is 2. The summed E-state index contributed by atoms with van der Waals surface area (Å²) in [4.78, 5) is 18.1. The maximum Gasteiger partial charge on any atom is 0.283 e. The lowest BCUT2D eigenvalue weighted by atomic mass is 10.1. The highest BCUT2D eigenvalue weighted by atomic mass is 35.5. The van der Waals surface area contributed by atoms with Gasteiger partial charge in [-0.2, -0.15) is 4.99 Å². The molecule has 4 rings (SSSR count). The van der Waals surface area contributed by atoms with Crippen LogP contribution < -0.4 is 4.74 Å². The molecule has 2 heterocycles. The van der Waals surface area contributed by atoms with Crippen molar-refractivity contribution in [1.29, 1.82) is 5.41 Å². The molecule has 7 heteroatoms. The molecule has 0 atom stereocenters. The molecule has 0 fully saturated rings. The van der Waals surface area contributed by atoms with Gasteiger partial charge in [0.05, 0.1) is 10.6 Å². The number of aliphatic imine (C=N–C) groups is 1. The number of amidine groups is 2. The van der Waals surface area contributed by atoms with Crippen molar-refractivity contribution in [1.82, 2.24) is 4.90 Å². The van der Waals surface area contributed by atoms with E-state index in [2.05, 4.69) is 11.1 Å².